The van der Waals surface area contributed by atoms with Crippen molar-refractivity contribution in [2.24, 2.45) is 5.73 Å². The van der Waals surface area contributed by atoms with Crippen LogP contribution in [0.15, 0.2) is 0 Å². The fraction of sp³-hybridized carbons (Fsp3) is 0.750. The molecule has 1 aliphatic rings. The average Bonchev–Trinajstić information content (AvgIpc) is 2.61. The fourth-order valence-electron chi connectivity index (χ4n) is 2.14. The molecule has 4 heteroatoms. The van der Waals surface area contributed by atoms with Gasteiger partial charge in [-0.3, -0.25) is 0 Å². The Hall–Kier alpha value is -0.450. The van der Waals surface area contributed by atoms with Crippen molar-refractivity contribution in [2.75, 3.05) is 6.54 Å². The zero-order valence-electron chi connectivity index (χ0n) is 10.0. The van der Waals surface area contributed by atoms with Crippen LogP contribution in [0.5, 0.6) is 0 Å². The van der Waals surface area contributed by atoms with Crippen LogP contribution in [-0.2, 0) is 17.6 Å². The number of hydrogen-bond acceptors (Lipinski definition) is 4. The van der Waals surface area contributed by atoms with E-state index in [9.17, 15) is 0 Å². The van der Waals surface area contributed by atoms with Crippen molar-refractivity contribution < 1.29 is 4.74 Å². The highest BCUT2D eigenvalue weighted by molar-refractivity contribution is 7.11. The molecule has 3 nitrogen and oxygen atoms in total. The van der Waals surface area contributed by atoms with Gasteiger partial charge in [-0.05, 0) is 39.7 Å². The molecule has 90 valence electrons. The van der Waals surface area contributed by atoms with Crippen molar-refractivity contribution in [3.8, 4) is 0 Å². The summed E-state index contributed by atoms with van der Waals surface area (Å²) in [5.74, 6) is 0. The summed E-state index contributed by atoms with van der Waals surface area (Å²) in [5, 5.41) is 1.25. The van der Waals surface area contributed by atoms with Gasteiger partial charge in [-0.15, -0.1) is 11.3 Å². The van der Waals surface area contributed by atoms with Gasteiger partial charge < -0.3 is 10.5 Å². The predicted octanol–water partition coefficient (Wildman–Crippen LogP) is 2.45. The van der Waals surface area contributed by atoms with Crippen molar-refractivity contribution in [2.45, 2.75) is 51.7 Å². The average molecular weight is 240 g/mol. The number of unbranched alkanes of at least 4 members (excludes halogenated alkanes) is 1. The van der Waals surface area contributed by atoms with Gasteiger partial charge in [0, 0.05) is 6.42 Å². The van der Waals surface area contributed by atoms with E-state index in [2.05, 4.69) is 13.8 Å². The molecule has 0 fully saturated rings. The van der Waals surface area contributed by atoms with Gasteiger partial charge in [0.05, 0.1) is 27.8 Å². The van der Waals surface area contributed by atoms with Gasteiger partial charge in [0.25, 0.3) is 0 Å². The smallest absolute Gasteiger partial charge is 0.0932 e. The number of ether oxygens (including phenoxy) is 1. The monoisotopic (exact) mass is 240 g/mol. The minimum atomic E-state index is 0.222. The zero-order chi connectivity index (χ0) is 11.5. The van der Waals surface area contributed by atoms with Gasteiger partial charge in [0.15, 0.2) is 0 Å². The van der Waals surface area contributed by atoms with E-state index in [-0.39, 0.29) is 6.10 Å². The Bertz CT molecular complexity index is 351. The maximum absolute atomic E-state index is 5.80. The van der Waals surface area contributed by atoms with Crippen LogP contribution in [0.4, 0.5) is 0 Å². The lowest BCUT2D eigenvalue weighted by Crippen LogP contribution is -2.20. The Balaban J connectivity index is 2.05. The maximum Gasteiger partial charge on any atom is 0.0932 e. The number of fused-ring (bicyclic) bond motifs is 1. The van der Waals surface area contributed by atoms with Crippen molar-refractivity contribution in [3.05, 3.63) is 15.6 Å². The molecule has 2 N–H and O–H groups in total. The summed E-state index contributed by atoms with van der Waals surface area (Å²) in [6.07, 6.45) is 4.80. The number of aromatic nitrogens is 1. The van der Waals surface area contributed by atoms with Crippen molar-refractivity contribution in [1.29, 1.82) is 0 Å². The highest BCUT2D eigenvalue weighted by atomic mass is 32.1. The Morgan fingerprint density at radius 3 is 3.00 bits per heavy atom. The lowest BCUT2D eigenvalue weighted by atomic mass is 10.1. The fourth-order valence-corrected chi connectivity index (χ4v) is 3.26. The normalized spacial score (nSPS) is 24.4. The molecule has 0 bridgehead atoms. The summed E-state index contributed by atoms with van der Waals surface area (Å²) in [6.45, 7) is 5.02. The highest BCUT2D eigenvalue weighted by Gasteiger charge is 2.25. The molecule has 16 heavy (non-hydrogen) atoms. The summed E-state index contributed by atoms with van der Waals surface area (Å²) in [7, 11) is 0. The molecule has 2 unspecified atom stereocenters. The Morgan fingerprint density at radius 2 is 2.25 bits per heavy atom. The molecule has 0 aromatic carbocycles. The van der Waals surface area contributed by atoms with Crippen LogP contribution in [-0.4, -0.2) is 17.6 Å². The summed E-state index contributed by atoms with van der Waals surface area (Å²) >= 11 is 1.82. The van der Waals surface area contributed by atoms with Gasteiger partial charge in [-0.1, -0.05) is 0 Å². The van der Waals surface area contributed by atoms with Crippen molar-refractivity contribution in [3.63, 3.8) is 0 Å². The van der Waals surface area contributed by atoms with Crippen LogP contribution in [0.25, 0.3) is 0 Å². The minimum absolute atomic E-state index is 0.222. The number of nitrogens with zero attached hydrogens (tertiary/aromatic N) is 1. The van der Waals surface area contributed by atoms with Crippen molar-refractivity contribution >= 4 is 11.3 Å². The third kappa shape index (κ3) is 2.62. The first-order chi connectivity index (χ1) is 7.70. The lowest BCUT2D eigenvalue weighted by molar-refractivity contribution is -0.00318. The van der Waals surface area contributed by atoms with E-state index in [4.69, 9.17) is 15.5 Å². The lowest BCUT2D eigenvalue weighted by Gasteiger charge is -2.23. The van der Waals surface area contributed by atoms with Crippen LogP contribution in [0, 0.1) is 0 Å². The molecular weight excluding hydrogens is 220 g/mol. The Morgan fingerprint density at radius 1 is 1.44 bits per heavy atom. The zero-order valence-corrected chi connectivity index (χ0v) is 10.8. The molecule has 2 atom stereocenters. The minimum Gasteiger partial charge on any atom is -0.370 e. The molecule has 2 rings (SSSR count). The molecule has 0 radical (unpaired) electrons. The Kier molecular flexibility index (Phi) is 3.95. The number of thiazole rings is 1. The molecule has 0 amide bonds. The standard InChI is InChI=1S/C12H20N2OS/c1-8-7-10-12(9(2)15-8)16-11(14-10)5-3-4-6-13/h8-9H,3-7,13H2,1-2H3. The summed E-state index contributed by atoms with van der Waals surface area (Å²) < 4.78 is 5.80. The predicted molar refractivity (Wildman–Crippen MR) is 66.8 cm³/mol. The second kappa shape index (κ2) is 5.25. The van der Waals surface area contributed by atoms with Crippen LogP contribution < -0.4 is 5.73 Å². The maximum atomic E-state index is 5.80. The van der Waals surface area contributed by atoms with Gasteiger partial charge in [-0.25, -0.2) is 4.98 Å². The van der Waals surface area contributed by atoms with Crippen LogP contribution in [0.3, 0.4) is 0 Å². The quantitative estimate of drug-likeness (QED) is 0.822. The van der Waals surface area contributed by atoms with E-state index in [1.807, 2.05) is 11.3 Å². The molecule has 1 aliphatic heterocycles. The van der Waals surface area contributed by atoms with Gasteiger partial charge in [-0.2, -0.15) is 0 Å². The molecule has 0 saturated heterocycles. The largest absolute Gasteiger partial charge is 0.370 e. The first kappa shape index (κ1) is 12.0. The number of nitrogens with two attached hydrogens (primary N) is 1. The molecule has 1 aromatic heterocycles. The topological polar surface area (TPSA) is 48.1 Å². The van der Waals surface area contributed by atoms with E-state index < -0.39 is 0 Å². The van der Waals surface area contributed by atoms with Gasteiger partial charge >= 0.3 is 0 Å². The second-order valence-corrected chi connectivity index (χ2v) is 5.57. The molecule has 0 aliphatic carbocycles. The van der Waals surface area contributed by atoms with Crippen LogP contribution in [0.1, 0.15) is 48.4 Å². The number of rotatable bonds is 4. The molecule has 0 spiro atoms. The van der Waals surface area contributed by atoms with Gasteiger partial charge in [0.1, 0.15) is 0 Å². The number of aryl methyl sites for hydroxylation is 1. The molecule has 0 saturated carbocycles. The van der Waals surface area contributed by atoms with E-state index >= 15 is 0 Å². The van der Waals surface area contributed by atoms with E-state index in [0.717, 1.165) is 32.2 Å². The number of hydrogen-bond donors (Lipinski definition) is 1. The van der Waals surface area contributed by atoms with Gasteiger partial charge in [0.2, 0.25) is 0 Å². The third-order valence-electron chi connectivity index (χ3n) is 2.90. The first-order valence-corrected chi connectivity index (χ1v) is 6.86. The molecular formula is C12H20N2OS. The van der Waals surface area contributed by atoms with Crippen LogP contribution in [0.2, 0.25) is 0 Å². The van der Waals surface area contributed by atoms with Crippen molar-refractivity contribution in [1.82, 2.24) is 4.98 Å². The Labute approximate surface area is 101 Å². The highest BCUT2D eigenvalue weighted by Crippen LogP contribution is 2.34. The summed E-state index contributed by atoms with van der Waals surface area (Å²) in [6, 6.07) is 0. The summed E-state index contributed by atoms with van der Waals surface area (Å²) in [4.78, 5) is 6.06. The first-order valence-electron chi connectivity index (χ1n) is 6.04. The third-order valence-corrected chi connectivity index (χ3v) is 4.22. The van der Waals surface area contributed by atoms with Crippen LogP contribution >= 0.6 is 11.3 Å². The SMILES string of the molecule is CC1Cc2nc(CCCCN)sc2C(C)O1. The molecule has 2 heterocycles. The molecule has 1 aromatic rings. The van der Waals surface area contributed by atoms with E-state index in [1.54, 1.807) is 0 Å². The van der Waals surface area contributed by atoms with E-state index in [0.29, 0.717) is 6.10 Å². The second-order valence-electron chi connectivity index (χ2n) is 4.46. The summed E-state index contributed by atoms with van der Waals surface area (Å²) in [5.41, 5.74) is 6.76. The van der Waals surface area contributed by atoms with E-state index in [1.165, 1.54) is 15.6 Å².